The van der Waals surface area contributed by atoms with Crippen molar-refractivity contribution in [1.29, 1.82) is 5.26 Å². The van der Waals surface area contributed by atoms with Crippen molar-refractivity contribution < 1.29 is 4.79 Å². The van der Waals surface area contributed by atoms with Gasteiger partial charge >= 0.3 is 0 Å². The van der Waals surface area contributed by atoms with Gasteiger partial charge in [-0.25, -0.2) is 0 Å². The van der Waals surface area contributed by atoms with Gasteiger partial charge in [-0.15, -0.1) is 0 Å². The largest absolute Gasteiger partial charge is 0.397 e. The van der Waals surface area contributed by atoms with Gasteiger partial charge in [-0.2, -0.15) is 5.26 Å². The average molecular weight is 260 g/mol. The van der Waals surface area contributed by atoms with Gasteiger partial charge in [0.2, 0.25) is 5.91 Å². The molecule has 1 aromatic rings. The molecular formula is C14H20N4O. The highest BCUT2D eigenvalue weighted by Crippen LogP contribution is 2.19. The number of amides is 1. The molecule has 0 aliphatic rings. The number of nitriles is 1. The van der Waals surface area contributed by atoms with Crippen LogP contribution in [0.2, 0.25) is 0 Å². The van der Waals surface area contributed by atoms with Crippen molar-refractivity contribution >= 4 is 17.3 Å². The van der Waals surface area contributed by atoms with E-state index in [1.165, 1.54) is 0 Å². The molecule has 19 heavy (non-hydrogen) atoms. The number of nitrogen functional groups attached to an aromatic ring is 1. The first-order valence-corrected chi connectivity index (χ1v) is 6.39. The first kappa shape index (κ1) is 14.8. The minimum Gasteiger partial charge on any atom is -0.397 e. The van der Waals surface area contributed by atoms with Crippen molar-refractivity contribution in [3.8, 4) is 6.07 Å². The summed E-state index contributed by atoms with van der Waals surface area (Å²) >= 11 is 0. The van der Waals surface area contributed by atoms with Crippen molar-refractivity contribution in [3.63, 3.8) is 0 Å². The fourth-order valence-electron chi connectivity index (χ4n) is 1.55. The smallest absolute Gasteiger partial charge is 0.221 e. The van der Waals surface area contributed by atoms with Crippen LogP contribution in [0.15, 0.2) is 18.2 Å². The standard InChI is InChI=1S/C14H20N4O/c1-3-10(2)18-14(19)6-7-17-13-5-4-11(9-15)8-12(13)16/h4-5,8,10,17H,3,6-7,16H2,1-2H3,(H,18,19). The lowest BCUT2D eigenvalue weighted by molar-refractivity contribution is -0.121. The fourth-order valence-corrected chi connectivity index (χ4v) is 1.55. The van der Waals surface area contributed by atoms with Crippen LogP contribution >= 0.6 is 0 Å². The molecule has 0 aliphatic carbocycles. The third-order valence-corrected chi connectivity index (χ3v) is 2.87. The Balaban J connectivity index is 2.41. The number of rotatable bonds is 6. The quantitative estimate of drug-likeness (QED) is 0.681. The maximum atomic E-state index is 11.6. The number of carbonyl (C=O) groups is 1. The van der Waals surface area contributed by atoms with Gasteiger partial charge in [0.25, 0.3) is 0 Å². The number of carbonyl (C=O) groups excluding carboxylic acids is 1. The van der Waals surface area contributed by atoms with Crippen molar-refractivity contribution in [2.75, 3.05) is 17.6 Å². The number of hydrogen-bond donors (Lipinski definition) is 3. The maximum Gasteiger partial charge on any atom is 0.221 e. The molecule has 4 N–H and O–H groups in total. The van der Waals surface area contributed by atoms with Crippen LogP contribution < -0.4 is 16.4 Å². The van der Waals surface area contributed by atoms with Crippen LogP contribution in [0.5, 0.6) is 0 Å². The average Bonchev–Trinajstić information content (AvgIpc) is 2.40. The molecular weight excluding hydrogens is 240 g/mol. The summed E-state index contributed by atoms with van der Waals surface area (Å²) < 4.78 is 0. The van der Waals surface area contributed by atoms with Gasteiger partial charge in [0.15, 0.2) is 0 Å². The number of nitrogens with zero attached hydrogens (tertiary/aromatic N) is 1. The number of hydrogen-bond acceptors (Lipinski definition) is 4. The summed E-state index contributed by atoms with van der Waals surface area (Å²) in [5, 5.41) is 14.7. The Hall–Kier alpha value is -2.22. The van der Waals surface area contributed by atoms with Crippen LogP contribution in [0.4, 0.5) is 11.4 Å². The topological polar surface area (TPSA) is 90.9 Å². The van der Waals surface area contributed by atoms with Gasteiger partial charge in [0.1, 0.15) is 0 Å². The molecule has 0 heterocycles. The zero-order valence-electron chi connectivity index (χ0n) is 11.4. The van der Waals surface area contributed by atoms with E-state index >= 15 is 0 Å². The van der Waals surface area contributed by atoms with E-state index in [-0.39, 0.29) is 11.9 Å². The van der Waals surface area contributed by atoms with Crippen LogP contribution in [0, 0.1) is 11.3 Å². The van der Waals surface area contributed by atoms with Crippen molar-refractivity contribution in [2.24, 2.45) is 0 Å². The summed E-state index contributed by atoms with van der Waals surface area (Å²) in [6, 6.07) is 7.28. The van der Waals surface area contributed by atoms with Crippen molar-refractivity contribution in [2.45, 2.75) is 32.7 Å². The minimum absolute atomic E-state index is 0.0223. The predicted molar refractivity (Wildman–Crippen MR) is 76.6 cm³/mol. The molecule has 0 spiro atoms. The molecule has 5 heteroatoms. The van der Waals surface area contributed by atoms with E-state index < -0.39 is 0 Å². The molecule has 1 rings (SSSR count). The highest BCUT2D eigenvalue weighted by atomic mass is 16.1. The Morgan fingerprint density at radius 1 is 1.53 bits per heavy atom. The zero-order valence-corrected chi connectivity index (χ0v) is 11.4. The highest BCUT2D eigenvalue weighted by Gasteiger charge is 2.05. The normalized spacial score (nSPS) is 11.4. The molecule has 0 aromatic heterocycles. The van der Waals surface area contributed by atoms with Gasteiger partial charge in [0.05, 0.1) is 23.0 Å². The third kappa shape index (κ3) is 4.88. The summed E-state index contributed by atoms with van der Waals surface area (Å²) in [6.07, 6.45) is 1.31. The van der Waals surface area contributed by atoms with Crippen LogP contribution in [0.25, 0.3) is 0 Å². The van der Waals surface area contributed by atoms with Gasteiger partial charge < -0.3 is 16.4 Å². The number of nitrogens with one attached hydrogen (secondary N) is 2. The second-order valence-corrected chi connectivity index (χ2v) is 4.47. The van der Waals surface area contributed by atoms with E-state index in [0.29, 0.717) is 24.2 Å². The van der Waals surface area contributed by atoms with Crippen LogP contribution in [0.1, 0.15) is 32.3 Å². The number of nitrogens with two attached hydrogens (primary N) is 1. The van der Waals surface area contributed by atoms with E-state index in [2.05, 4.69) is 10.6 Å². The second kappa shape index (κ2) is 7.27. The summed E-state index contributed by atoms with van der Waals surface area (Å²) in [4.78, 5) is 11.6. The second-order valence-electron chi connectivity index (χ2n) is 4.47. The molecule has 0 saturated carbocycles. The molecule has 0 radical (unpaired) electrons. The van der Waals surface area contributed by atoms with E-state index in [4.69, 9.17) is 11.0 Å². The Morgan fingerprint density at radius 3 is 2.84 bits per heavy atom. The molecule has 0 aliphatic heterocycles. The molecule has 1 unspecified atom stereocenters. The molecule has 0 saturated heterocycles. The molecule has 0 fully saturated rings. The summed E-state index contributed by atoms with van der Waals surface area (Å²) in [6.45, 7) is 4.52. The van der Waals surface area contributed by atoms with Gasteiger partial charge in [-0.1, -0.05) is 6.92 Å². The summed E-state index contributed by atoms with van der Waals surface area (Å²) in [7, 11) is 0. The Labute approximate surface area is 113 Å². The Bertz CT molecular complexity index is 479. The lowest BCUT2D eigenvalue weighted by atomic mass is 10.2. The van der Waals surface area contributed by atoms with Crippen molar-refractivity contribution in [1.82, 2.24) is 5.32 Å². The third-order valence-electron chi connectivity index (χ3n) is 2.87. The van der Waals surface area contributed by atoms with Crippen LogP contribution in [-0.4, -0.2) is 18.5 Å². The highest BCUT2D eigenvalue weighted by molar-refractivity contribution is 5.77. The Morgan fingerprint density at radius 2 is 2.26 bits per heavy atom. The Kier molecular flexibility index (Phi) is 5.68. The van der Waals surface area contributed by atoms with Gasteiger partial charge in [-0.3, -0.25) is 4.79 Å². The van der Waals surface area contributed by atoms with E-state index in [1.807, 2.05) is 19.9 Å². The molecule has 102 valence electrons. The van der Waals surface area contributed by atoms with Gasteiger partial charge in [0, 0.05) is 19.0 Å². The van der Waals surface area contributed by atoms with Crippen LogP contribution in [-0.2, 0) is 4.79 Å². The SMILES string of the molecule is CCC(C)NC(=O)CCNc1ccc(C#N)cc1N. The summed E-state index contributed by atoms with van der Waals surface area (Å²) in [5.41, 5.74) is 7.59. The molecule has 5 nitrogen and oxygen atoms in total. The zero-order chi connectivity index (χ0) is 14.3. The number of benzene rings is 1. The van der Waals surface area contributed by atoms with E-state index in [9.17, 15) is 4.79 Å². The molecule has 1 amide bonds. The fraction of sp³-hybridized carbons (Fsp3) is 0.429. The van der Waals surface area contributed by atoms with E-state index in [1.54, 1.807) is 18.2 Å². The molecule has 0 bridgehead atoms. The van der Waals surface area contributed by atoms with Gasteiger partial charge in [-0.05, 0) is 31.5 Å². The minimum atomic E-state index is 0.0223. The van der Waals surface area contributed by atoms with Crippen molar-refractivity contribution in [3.05, 3.63) is 23.8 Å². The van der Waals surface area contributed by atoms with E-state index in [0.717, 1.165) is 12.1 Å². The molecule has 1 atom stereocenters. The first-order chi connectivity index (χ1) is 9.06. The van der Waals surface area contributed by atoms with Crippen LogP contribution in [0.3, 0.4) is 0 Å². The molecule has 1 aromatic carbocycles. The number of anilines is 2. The predicted octanol–water partition coefficient (Wildman–Crippen LogP) is 1.86. The lowest BCUT2D eigenvalue weighted by Crippen LogP contribution is -2.32. The summed E-state index contributed by atoms with van der Waals surface area (Å²) in [5.74, 6) is 0.0223. The lowest BCUT2D eigenvalue weighted by Gasteiger charge is -2.12. The monoisotopic (exact) mass is 260 g/mol. The first-order valence-electron chi connectivity index (χ1n) is 6.39. The maximum absolute atomic E-state index is 11.6.